The summed E-state index contributed by atoms with van der Waals surface area (Å²) in [4.78, 5) is 25.5. The number of fused-ring (bicyclic) bond motifs is 1. The van der Waals surface area contributed by atoms with Gasteiger partial charge in [0.2, 0.25) is 14.3 Å². The minimum absolute atomic E-state index is 0.00665. The van der Waals surface area contributed by atoms with E-state index in [2.05, 4.69) is 95.3 Å². The van der Waals surface area contributed by atoms with E-state index in [0.29, 0.717) is 11.5 Å². The number of methoxy groups -OCH3 is 2. The number of H-pyrrole nitrogens is 1. The SMILES string of the molecule is CNc1nc2c(ncn2[C@@H]2O[C@H](COC(c3ccccc3)(c3ccc(OC)cc3)c3ccc(OC)cc3)C(OP(OCCC#N)N(C(C)C)C(C)C)[C@@H]2OCO[Si](C(C)C)(C(C)C)C(C)C)c(=O)[nH]1. The van der Waals surface area contributed by atoms with Crippen LogP contribution in [-0.2, 0) is 33.3 Å². The molecule has 1 aliphatic heterocycles. The Morgan fingerprint density at radius 2 is 1.42 bits per heavy atom. The molecule has 2 N–H and O–H groups in total. The summed E-state index contributed by atoms with van der Waals surface area (Å²) in [5.41, 5.74) is 2.17. The minimum Gasteiger partial charge on any atom is -0.497 e. The Bertz CT molecular complexity index is 2410. The zero-order chi connectivity index (χ0) is 50.0. The normalized spacial score (nSPS) is 18.3. The van der Waals surface area contributed by atoms with Gasteiger partial charge in [0.15, 0.2) is 17.4 Å². The lowest BCUT2D eigenvalue weighted by Crippen LogP contribution is -2.49. The summed E-state index contributed by atoms with van der Waals surface area (Å²) in [6.45, 7) is 21.8. The van der Waals surface area contributed by atoms with Gasteiger partial charge >= 0.3 is 0 Å². The summed E-state index contributed by atoms with van der Waals surface area (Å²) in [6.07, 6.45) is -1.87. The Hall–Kier alpha value is -4.73. The predicted octanol–water partition coefficient (Wildman–Crippen LogP) is 10.3. The predicted molar refractivity (Wildman–Crippen MR) is 272 cm³/mol. The lowest BCUT2D eigenvalue weighted by atomic mass is 9.80. The summed E-state index contributed by atoms with van der Waals surface area (Å²) in [5.74, 6) is 1.64. The Labute approximate surface area is 410 Å². The first kappa shape index (κ1) is 53.6. The van der Waals surface area contributed by atoms with Gasteiger partial charge in [-0.25, -0.2) is 9.65 Å². The van der Waals surface area contributed by atoms with Crippen molar-refractivity contribution in [3.05, 3.63) is 112 Å². The third-order valence-electron chi connectivity index (χ3n) is 13.0. The van der Waals surface area contributed by atoms with Crippen molar-refractivity contribution >= 4 is 34.0 Å². The highest BCUT2D eigenvalue weighted by Crippen LogP contribution is 2.52. The van der Waals surface area contributed by atoms with Crippen LogP contribution in [0.3, 0.4) is 0 Å². The maximum atomic E-state index is 13.4. The number of nitriles is 1. The van der Waals surface area contributed by atoms with Crippen LogP contribution in [0.1, 0.15) is 98.6 Å². The topological polar surface area (TPSA) is 176 Å². The molecule has 0 saturated carbocycles. The molecule has 3 aromatic carbocycles. The van der Waals surface area contributed by atoms with E-state index in [1.165, 1.54) is 0 Å². The van der Waals surface area contributed by atoms with Crippen LogP contribution in [0, 0.1) is 11.3 Å². The van der Waals surface area contributed by atoms with E-state index in [-0.39, 0.29) is 72.2 Å². The maximum Gasteiger partial charge on any atom is 0.280 e. The number of benzene rings is 3. The van der Waals surface area contributed by atoms with E-state index >= 15 is 0 Å². The number of ether oxygens (including phenoxy) is 5. The van der Waals surface area contributed by atoms with Crippen molar-refractivity contribution < 1.29 is 37.2 Å². The number of nitrogens with one attached hydrogen (secondary N) is 2. The molecule has 0 aliphatic carbocycles. The molecule has 2 aromatic heterocycles. The fraction of sp³-hybridized carbons (Fsp3) is 0.529. The summed E-state index contributed by atoms with van der Waals surface area (Å²) in [6, 6.07) is 28.0. The van der Waals surface area contributed by atoms with Crippen molar-refractivity contribution in [3.8, 4) is 17.6 Å². The van der Waals surface area contributed by atoms with Crippen LogP contribution in [0.5, 0.6) is 11.5 Å². The molecule has 0 amide bonds. The highest BCUT2D eigenvalue weighted by molar-refractivity contribution is 7.44. The lowest BCUT2D eigenvalue weighted by molar-refractivity contribution is -0.113. The standard InChI is InChI=1S/C51H72N7O9PSi/c1-33(2)58(34(3)4)68(64-29-17-28-52)67-45-43(30-63-51(38-18-15-14-16-19-38,39-20-24-41(60-12)25-21-39)40-22-26-42(61-13)27-23-40)66-49(57-31-54-44-47(57)55-50(53-11)56-48(44)59)46(45)62-32-65-69(35(5)6,36(7)8)37(9)10/h14-16,18-27,31,33-37,43,45-46,49H,17,29-30,32H2,1-13H3,(H2,53,55,56,59)/t43-,45?,46+,49-,68?/m1/s1. The van der Waals surface area contributed by atoms with Crippen molar-refractivity contribution in [2.75, 3.05) is 46.6 Å². The molecule has 374 valence electrons. The van der Waals surface area contributed by atoms with Gasteiger partial charge in [0.05, 0.1) is 46.3 Å². The van der Waals surface area contributed by atoms with E-state index < -0.39 is 52.5 Å². The molecule has 3 heterocycles. The van der Waals surface area contributed by atoms with Gasteiger partial charge in [-0.3, -0.25) is 14.3 Å². The number of aromatic nitrogens is 4. The quantitative estimate of drug-likeness (QED) is 0.0186. The van der Waals surface area contributed by atoms with E-state index in [9.17, 15) is 10.1 Å². The average Bonchev–Trinajstić information content (AvgIpc) is 3.91. The first-order valence-corrected chi connectivity index (χ1v) is 27.1. The largest absolute Gasteiger partial charge is 0.497 e. The second-order valence-corrected chi connectivity index (χ2v) is 25.6. The summed E-state index contributed by atoms with van der Waals surface area (Å²) in [7, 11) is 0.656. The van der Waals surface area contributed by atoms with Crippen LogP contribution >= 0.6 is 8.53 Å². The fourth-order valence-corrected chi connectivity index (χ4v) is 17.0. The number of aromatic amines is 1. The first-order valence-electron chi connectivity index (χ1n) is 23.9. The molecule has 1 fully saturated rings. The second-order valence-electron chi connectivity index (χ2n) is 18.7. The van der Waals surface area contributed by atoms with Crippen molar-refractivity contribution in [2.45, 2.75) is 135 Å². The molecular weight excluding hydrogens is 914 g/mol. The van der Waals surface area contributed by atoms with E-state index in [4.69, 9.17) is 42.1 Å². The van der Waals surface area contributed by atoms with Gasteiger partial charge in [0.25, 0.3) is 14.1 Å². The third kappa shape index (κ3) is 11.4. The molecule has 2 unspecified atom stereocenters. The molecule has 0 radical (unpaired) electrons. The minimum atomic E-state index is -2.45. The Balaban J connectivity index is 1.56. The Morgan fingerprint density at radius 3 is 1.93 bits per heavy atom. The molecule has 18 heteroatoms. The molecule has 0 bridgehead atoms. The van der Waals surface area contributed by atoms with Crippen LogP contribution in [0.4, 0.5) is 5.95 Å². The van der Waals surface area contributed by atoms with Crippen molar-refractivity contribution in [3.63, 3.8) is 0 Å². The molecule has 0 spiro atoms. The average molecular weight is 986 g/mol. The molecule has 6 rings (SSSR count). The zero-order valence-corrected chi connectivity index (χ0v) is 44.4. The molecule has 5 aromatic rings. The van der Waals surface area contributed by atoms with Crippen LogP contribution in [0.25, 0.3) is 11.2 Å². The van der Waals surface area contributed by atoms with E-state index in [1.807, 2.05) is 78.9 Å². The number of hydrogen-bond acceptors (Lipinski definition) is 14. The Kier molecular flexibility index (Phi) is 18.6. The Morgan fingerprint density at radius 1 is 0.855 bits per heavy atom. The molecule has 69 heavy (non-hydrogen) atoms. The highest BCUT2D eigenvalue weighted by atomic mass is 31.2. The summed E-state index contributed by atoms with van der Waals surface area (Å²) in [5, 5.41) is 12.6. The zero-order valence-electron chi connectivity index (χ0n) is 42.5. The van der Waals surface area contributed by atoms with Crippen LogP contribution in [-0.4, -0.2) is 104 Å². The van der Waals surface area contributed by atoms with Crippen molar-refractivity contribution in [1.82, 2.24) is 24.2 Å². The molecule has 16 nitrogen and oxygen atoms in total. The molecule has 1 aliphatic rings. The van der Waals surface area contributed by atoms with Crippen LogP contribution in [0.15, 0.2) is 90.0 Å². The van der Waals surface area contributed by atoms with Gasteiger partial charge in [-0.15, -0.1) is 0 Å². The molecular formula is C51H72N7O9PSi. The van der Waals surface area contributed by atoms with E-state index in [0.717, 1.165) is 16.7 Å². The second kappa shape index (κ2) is 23.9. The smallest absolute Gasteiger partial charge is 0.280 e. The number of imidazole rings is 1. The number of hydrogen-bond donors (Lipinski definition) is 2. The van der Waals surface area contributed by atoms with Crippen LogP contribution in [0.2, 0.25) is 16.6 Å². The van der Waals surface area contributed by atoms with Crippen molar-refractivity contribution in [2.24, 2.45) is 0 Å². The third-order valence-corrected chi connectivity index (χ3v) is 21.2. The maximum absolute atomic E-state index is 13.4. The van der Waals surface area contributed by atoms with Gasteiger partial charge in [0.1, 0.15) is 42.2 Å². The first-order chi connectivity index (χ1) is 33.1. The number of nitrogens with zero attached hydrogens (tertiary/aromatic N) is 5. The van der Waals surface area contributed by atoms with Crippen molar-refractivity contribution in [1.29, 1.82) is 5.26 Å². The molecule has 5 atom stereocenters. The summed E-state index contributed by atoms with van der Waals surface area (Å²) < 4.78 is 58.0. The number of anilines is 1. The van der Waals surface area contributed by atoms with Gasteiger partial charge in [-0.1, -0.05) is 96.1 Å². The molecule has 1 saturated heterocycles. The van der Waals surface area contributed by atoms with Gasteiger partial charge in [-0.05, 0) is 85.3 Å². The van der Waals surface area contributed by atoms with Crippen LogP contribution < -0.4 is 20.3 Å². The highest BCUT2D eigenvalue weighted by Gasteiger charge is 2.53. The van der Waals surface area contributed by atoms with Gasteiger partial charge in [0, 0.05) is 19.1 Å². The fourth-order valence-electron chi connectivity index (χ4n) is 10.00. The van der Waals surface area contributed by atoms with Gasteiger partial charge < -0.3 is 42.5 Å². The lowest BCUT2D eigenvalue weighted by Gasteiger charge is -2.42. The van der Waals surface area contributed by atoms with Gasteiger partial charge in [-0.2, -0.15) is 10.2 Å². The number of rotatable bonds is 25. The monoisotopic (exact) mass is 985 g/mol. The van der Waals surface area contributed by atoms with E-state index in [1.54, 1.807) is 32.2 Å². The summed E-state index contributed by atoms with van der Waals surface area (Å²) >= 11 is 0.